The molecule has 0 unspecified atom stereocenters. The van der Waals surface area contributed by atoms with E-state index in [1.54, 1.807) is 0 Å². The molecule has 0 atom stereocenters. The zero-order valence-corrected chi connectivity index (χ0v) is 12.6. The lowest BCUT2D eigenvalue weighted by molar-refractivity contribution is -0.118. The van der Waals surface area contributed by atoms with Crippen LogP contribution in [-0.4, -0.2) is 17.6 Å². The number of benzene rings is 1. The quantitative estimate of drug-likeness (QED) is 0.877. The summed E-state index contributed by atoms with van der Waals surface area (Å²) in [7, 11) is 0. The van der Waals surface area contributed by atoms with Crippen molar-refractivity contribution in [2.75, 3.05) is 11.9 Å². The number of amides is 1. The van der Waals surface area contributed by atoms with Gasteiger partial charge in [-0.25, -0.2) is 0 Å². The Bertz CT molecular complexity index is 445. The molecule has 0 saturated carbocycles. The zero-order valence-electron chi connectivity index (χ0n) is 12.6. The predicted octanol–water partition coefficient (Wildman–Crippen LogP) is 3.11. The summed E-state index contributed by atoms with van der Waals surface area (Å²) in [4.78, 5) is 11.4. The van der Waals surface area contributed by atoms with Crippen LogP contribution in [0.2, 0.25) is 0 Å². The second-order valence-electron chi connectivity index (χ2n) is 6.43. The van der Waals surface area contributed by atoms with Crippen molar-refractivity contribution in [3.05, 3.63) is 29.3 Å². The summed E-state index contributed by atoms with van der Waals surface area (Å²) in [6.45, 7) is 10.2. The highest BCUT2D eigenvalue weighted by molar-refractivity contribution is 5.92. The molecule has 1 amide bonds. The summed E-state index contributed by atoms with van der Waals surface area (Å²) in [5.74, 6) is 0.203. The highest BCUT2D eigenvalue weighted by atomic mass is 16.3. The fraction of sp³-hybridized carbons (Fsp3) is 0.562. The van der Waals surface area contributed by atoms with Gasteiger partial charge in [0, 0.05) is 5.69 Å². The minimum Gasteiger partial charge on any atom is -0.387 e. The van der Waals surface area contributed by atoms with Gasteiger partial charge in [-0.1, -0.05) is 46.8 Å². The fourth-order valence-corrected chi connectivity index (χ4v) is 2.14. The van der Waals surface area contributed by atoms with Crippen LogP contribution in [0.4, 0.5) is 5.69 Å². The third-order valence-electron chi connectivity index (χ3n) is 2.95. The molecule has 0 aliphatic carbocycles. The number of anilines is 1. The standard InChI is InChI=1S/C16H25NO2/c1-11(2)8-12-6-7-13(16(3,4)5)14(9-12)17-15(19)10-18/h6-7,9,11,18H,8,10H2,1-5H3,(H,17,19). The van der Waals surface area contributed by atoms with E-state index in [2.05, 4.69) is 52.1 Å². The number of rotatable bonds is 4. The number of carbonyl (C=O) groups is 1. The van der Waals surface area contributed by atoms with E-state index in [0.717, 1.165) is 17.7 Å². The van der Waals surface area contributed by atoms with Gasteiger partial charge < -0.3 is 10.4 Å². The van der Waals surface area contributed by atoms with E-state index in [1.165, 1.54) is 5.56 Å². The molecule has 2 N–H and O–H groups in total. The number of hydrogen-bond donors (Lipinski definition) is 2. The molecule has 0 aliphatic heterocycles. The average molecular weight is 263 g/mol. The second kappa shape index (κ2) is 6.20. The van der Waals surface area contributed by atoms with Crippen LogP contribution in [0.5, 0.6) is 0 Å². The van der Waals surface area contributed by atoms with Crippen molar-refractivity contribution in [3.63, 3.8) is 0 Å². The molecule has 0 saturated heterocycles. The van der Waals surface area contributed by atoms with E-state index in [0.29, 0.717) is 5.92 Å². The van der Waals surface area contributed by atoms with Crippen molar-refractivity contribution in [2.45, 2.75) is 46.5 Å². The summed E-state index contributed by atoms with van der Waals surface area (Å²) < 4.78 is 0. The minimum atomic E-state index is -0.488. The van der Waals surface area contributed by atoms with Crippen molar-refractivity contribution >= 4 is 11.6 Å². The van der Waals surface area contributed by atoms with Crippen LogP contribution < -0.4 is 5.32 Å². The molecule has 0 bridgehead atoms. The lowest BCUT2D eigenvalue weighted by Crippen LogP contribution is -2.21. The summed E-state index contributed by atoms with van der Waals surface area (Å²) in [5.41, 5.74) is 3.05. The topological polar surface area (TPSA) is 49.3 Å². The van der Waals surface area contributed by atoms with E-state index in [9.17, 15) is 4.79 Å². The Labute approximate surface area is 116 Å². The molecule has 1 aromatic rings. The maximum absolute atomic E-state index is 11.4. The molecule has 1 rings (SSSR count). The first-order valence-corrected chi connectivity index (χ1v) is 6.78. The molecule has 0 spiro atoms. The maximum Gasteiger partial charge on any atom is 0.250 e. The van der Waals surface area contributed by atoms with E-state index in [-0.39, 0.29) is 11.3 Å². The van der Waals surface area contributed by atoms with Gasteiger partial charge in [-0.2, -0.15) is 0 Å². The van der Waals surface area contributed by atoms with Crippen LogP contribution in [0.3, 0.4) is 0 Å². The summed E-state index contributed by atoms with van der Waals surface area (Å²) in [5, 5.41) is 11.7. The molecule has 0 radical (unpaired) electrons. The third-order valence-corrected chi connectivity index (χ3v) is 2.95. The van der Waals surface area contributed by atoms with Gasteiger partial charge in [-0.15, -0.1) is 0 Å². The normalized spacial score (nSPS) is 11.7. The summed E-state index contributed by atoms with van der Waals surface area (Å²) in [6.07, 6.45) is 0.979. The van der Waals surface area contributed by atoms with Crippen molar-refractivity contribution in [1.29, 1.82) is 0 Å². The van der Waals surface area contributed by atoms with Crippen LogP contribution in [0, 0.1) is 5.92 Å². The van der Waals surface area contributed by atoms with Crippen LogP contribution in [0.15, 0.2) is 18.2 Å². The zero-order chi connectivity index (χ0) is 14.6. The van der Waals surface area contributed by atoms with Gasteiger partial charge in [0.05, 0.1) is 0 Å². The molecule has 3 heteroatoms. The Hall–Kier alpha value is -1.35. The summed E-state index contributed by atoms with van der Waals surface area (Å²) in [6, 6.07) is 6.22. The van der Waals surface area contributed by atoms with Crippen LogP contribution in [0.25, 0.3) is 0 Å². The molecule has 0 fully saturated rings. The maximum atomic E-state index is 11.4. The van der Waals surface area contributed by atoms with E-state index >= 15 is 0 Å². The van der Waals surface area contributed by atoms with E-state index < -0.39 is 6.61 Å². The highest BCUT2D eigenvalue weighted by Crippen LogP contribution is 2.31. The second-order valence-corrected chi connectivity index (χ2v) is 6.43. The Morgan fingerprint density at radius 1 is 1.32 bits per heavy atom. The average Bonchev–Trinajstić information content (AvgIpc) is 2.26. The van der Waals surface area contributed by atoms with Crippen LogP contribution in [-0.2, 0) is 16.6 Å². The van der Waals surface area contributed by atoms with Gasteiger partial charge >= 0.3 is 0 Å². The Kier molecular flexibility index (Phi) is 5.12. The van der Waals surface area contributed by atoms with Gasteiger partial charge in [-0.3, -0.25) is 4.79 Å². The molecular formula is C16H25NO2. The fourth-order valence-electron chi connectivity index (χ4n) is 2.14. The Morgan fingerprint density at radius 3 is 2.42 bits per heavy atom. The van der Waals surface area contributed by atoms with Crippen molar-refractivity contribution in [1.82, 2.24) is 0 Å². The lowest BCUT2D eigenvalue weighted by Gasteiger charge is -2.24. The molecule has 3 nitrogen and oxygen atoms in total. The molecule has 19 heavy (non-hydrogen) atoms. The van der Waals surface area contributed by atoms with Crippen molar-refractivity contribution < 1.29 is 9.90 Å². The molecule has 106 valence electrons. The first-order chi connectivity index (χ1) is 8.74. The first-order valence-electron chi connectivity index (χ1n) is 6.78. The Balaban J connectivity index is 3.14. The van der Waals surface area contributed by atoms with Gasteiger partial charge in [-0.05, 0) is 34.9 Å². The number of aliphatic hydroxyl groups is 1. The largest absolute Gasteiger partial charge is 0.387 e. The number of carbonyl (C=O) groups excluding carboxylic acids is 1. The van der Waals surface area contributed by atoms with Gasteiger partial charge in [0.25, 0.3) is 0 Å². The molecular weight excluding hydrogens is 238 g/mol. The number of aliphatic hydroxyl groups excluding tert-OH is 1. The van der Waals surface area contributed by atoms with Crippen molar-refractivity contribution in [3.8, 4) is 0 Å². The highest BCUT2D eigenvalue weighted by Gasteiger charge is 2.19. The number of hydrogen-bond acceptors (Lipinski definition) is 2. The minimum absolute atomic E-state index is 0.0472. The summed E-state index contributed by atoms with van der Waals surface area (Å²) >= 11 is 0. The predicted molar refractivity (Wildman–Crippen MR) is 79.4 cm³/mol. The first kappa shape index (κ1) is 15.7. The molecule has 0 aromatic heterocycles. The van der Waals surface area contributed by atoms with E-state index in [1.807, 2.05) is 6.07 Å². The molecule has 1 aromatic carbocycles. The molecule has 0 heterocycles. The lowest BCUT2D eigenvalue weighted by atomic mass is 9.84. The smallest absolute Gasteiger partial charge is 0.250 e. The third kappa shape index (κ3) is 4.67. The number of nitrogens with one attached hydrogen (secondary N) is 1. The van der Waals surface area contributed by atoms with E-state index in [4.69, 9.17) is 5.11 Å². The molecule has 0 aliphatic rings. The monoisotopic (exact) mass is 263 g/mol. The van der Waals surface area contributed by atoms with Gasteiger partial charge in [0.15, 0.2) is 0 Å². The SMILES string of the molecule is CC(C)Cc1ccc(C(C)(C)C)c(NC(=O)CO)c1. The van der Waals surface area contributed by atoms with Crippen LogP contribution >= 0.6 is 0 Å². The Morgan fingerprint density at radius 2 is 1.95 bits per heavy atom. The van der Waals surface area contributed by atoms with Gasteiger partial charge in [0.2, 0.25) is 5.91 Å². The van der Waals surface area contributed by atoms with Gasteiger partial charge in [0.1, 0.15) is 6.61 Å². The van der Waals surface area contributed by atoms with Crippen LogP contribution in [0.1, 0.15) is 45.7 Å². The van der Waals surface area contributed by atoms with Crippen molar-refractivity contribution in [2.24, 2.45) is 5.92 Å².